The molecule has 104 valence electrons. The Morgan fingerprint density at radius 2 is 1.80 bits per heavy atom. The Bertz CT molecular complexity index is 670. The molecule has 2 nitrogen and oxygen atoms in total. The number of carbonyl (C=O) groups is 1. The van der Waals surface area contributed by atoms with Gasteiger partial charge in [0.2, 0.25) is 0 Å². The highest BCUT2D eigenvalue weighted by molar-refractivity contribution is 9.10. The first-order valence-electron chi connectivity index (χ1n) is 5.29. The highest BCUT2D eigenvalue weighted by atomic mass is 79.9. The van der Waals surface area contributed by atoms with E-state index in [4.69, 9.17) is 11.6 Å². The van der Waals surface area contributed by atoms with Crippen molar-refractivity contribution in [2.75, 3.05) is 5.32 Å². The molecule has 1 N–H and O–H groups in total. The summed E-state index contributed by atoms with van der Waals surface area (Å²) in [7, 11) is 0. The topological polar surface area (TPSA) is 29.1 Å². The summed E-state index contributed by atoms with van der Waals surface area (Å²) < 4.78 is 39.9. The highest BCUT2D eigenvalue weighted by Crippen LogP contribution is 2.28. The molecule has 0 aromatic heterocycles. The fourth-order valence-electron chi connectivity index (χ4n) is 1.51. The van der Waals surface area contributed by atoms with E-state index in [2.05, 4.69) is 21.2 Å². The summed E-state index contributed by atoms with van der Waals surface area (Å²) in [5.74, 6) is -3.28. The van der Waals surface area contributed by atoms with Crippen LogP contribution in [0, 0.1) is 17.5 Å². The van der Waals surface area contributed by atoms with Crippen LogP contribution in [0.25, 0.3) is 0 Å². The number of hydrogen-bond donors (Lipinski definition) is 1. The zero-order valence-electron chi connectivity index (χ0n) is 9.68. The van der Waals surface area contributed by atoms with Crippen molar-refractivity contribution in [2.24, 2.45) is 0 Å². The number of rotatable bonds is 2. The van der Waals surface area contributed by atoms with Crippen molar-refractivity contribution in [1.82, 2.24) is 0 Å². The van der Waals surface area contributed by atoms with E-state index in [0.29, 0.717) is 10.5 Å². The first kappa shape index (κ1) is 14.9. The molecule has 0 bridgehead atoms. The van der Waals surface area contributed by atoms with E-state index in [9.17, 15) is 18.0 Å². The Balaban J connectivity index is 2.35. The van der Waals surface area contributed by atoms with Gasteiger partial charge in [0, 0.05) is 10.5 Å². The standard InChI is InChI=1S/C13H6BrClF3NO/c14-9-2-1-6(16)3-8(9)13(20)19-12-10(15)4-7(17)5-11(12)18/h1-5H,(H,19,20). The van der Waals surface area contributed by atoms with Crippen molar-refractivity contribution in [1.29, 1.82) is 0 Å². The fourth-order valence-corrected chi connectivity index (χ4v) is 2.18. The third-order valence-corrected chi connectivity index (χ3v) is 3.41. The van der Waals surface area contributed by atoms with Crippen LogP contribution < -0.4 is 5.32 Å². The van der Waals surface area contributed by atoms with E-state index in [0.717, 1.165) is 18.2 Å². The van der Waals surface area contributed by atoms with Crippen LogP contribution in [0.15, 0.2) is 34.8 Å². The molecule has 0 aliphatic heterocycles. The van der Waals surface area contributed by atoms with Crippen LogP contribution in [-0.2, 0) is 0 Å². The molecule has 0 atom stereocenters. The second-order valence-electron chi connectivity index (χ2n) is 3.82. The predicted octanol–water partition coefficient (Wildman–Crippen LogP) is 4.77. The molecule has 0 aliphatic carbocycles. The molecule has 0 spiro atoms. The van der Waals surface area contributed by atoms with Gasteiger partial charge in [-0.05, 0) is 40.2 Å². The van der Waals surface area contributed by atoms with Gasteiger partial charge in [-0.3, -0.25) is 4.79 Å². The van der Waals surface area contributed by atoms with Crippen LogP contribution in [0.5, 0.6) is 0 Å². The normalized spacial score (nSPS) is 10.4. The van der Waals surface area contributed by atoms with E-state index in [-0.39, 0.29) is 16.3 Å². The van der Waals surface area contributed by atoms with Crippen LogP contribution in [0.2, 0.25) is 5.02 Å². The zero-order valence-corrected chi connectivity index (χ0v) is 12.0. The van der Waals surface area contributed by atoms with Gasteiger partial charge in [-0.1, -0.05) is 11.6 Å². The molecular weight excluding hydrogens is 358 g/mol. The summed E-state index contributed by atoms with van der Waals surface area (Å²) in [6.07, 6.45) is 0. The van der Waals surface area contributed by atoms with Crippen LogP contribution in [0.4, 0.5) is 18.9 Å². The fraction of sp³-hybridized carbons (Fsp3) is 0. The van der Waals surface area contributed by atoms with E-state index in [1.165, 1.54) is 6.07 Å². The lowest BCUT2D eigenvalue weighted by molar-refractivity contribution is 0.102. The van der Waals surface area contributed by atoms with Crippen molar-refractivity contribution in [2.45, 2.75) is 0 Å². The van der Waals surface area contributed by atoms with Crippen LogP contribution in [0.3, 0.4) is 0 Å². The molecule has 2 aromatic carbocycles. The Labute approximate surface area is 125 Å². The van der Waals surface area contributed by atoms with Gasteiger partial charge in [-0.2, -0.15) is 0 Å². The molecule has 0 fully saturated rings. The highest BCUT2D eigenvalue weighted by Gasteiger charge is 2.16. The van der Waals surface area contributed by atoms with E-state index < -0.39 is 23.4 Å². The largest absolute Gasteiger partial charge is 0.318 e. The predicted molar refractivity (Wildman–Crippen MR) is 73.4 cm³/mol. The summed E-state index contributed by atoms with van der Waals surface area (Å²) in [6, 6.07) is 4.93. The molecule has 2 aromatic rings. The van der Waals surface area contributed by atoms with Crippen LogP contribution in [-0.4, -0.2) is 5.91 Å². The number of benzene rings is 2. The first-order valence-corrected chi connectivity index (χ1v) is 6.46. The van der Waals surface area contributed by atoms with Gasteiger partial charge in [-0.25, -0.2) is 13.2 Å². The van der Waals surface area contributed by atoms with Gasteiger partial charge < -0.3 is 5.32 Å². The third-order valence-electron chi connectivity index (χ3n) is 2.42. The van der Waals surface area contributed by atoms with E-state index in [1.54, 1.807) is 0 Å². The maximum Gasteiger partial charge on any atom is 0.257 e. The molecule has 20 heavy (non-hydrogen) atoms. The van der Waals surface area contributed by atoms with Gasteiger partial charge in [0.1, 0.15) is 11.6 Å². The number of anilines is 1. The van der Waals surface area contributed by atoms with Crippen molar-refractivity contribution in [3.63, 3.8) is 0 Å². The van der Waals surface area contributed by atoms with Crippen LogP contribution in [0.1, 0.15) is 10.4 Å². The number of halogens is 5. The molecular formula is C13H6BrClF3NO. The molecule has 0 aliphatic rings. The minimum atomic E-state index is -1.02. The first-order chi connectivity index (χ1) is 9.38. The maximum atomic E-state index is 13.5. The van der Waals surface area contributed by atoms with Gasteiger partial charge >= 0.3 is 0 Å². The van der Waals surface area contributed by atoms with Gasteiger partial charge in [0.15, 0.2) is 5.82 Å². The number of amides is 1. The molecule has 0 radical (unpaired) electrons. The number of carbonyl (C=O) groups excluding carboxylic acids is 1. The third kappa shape index (κ3) is 3.13. The lowest BCUT2D eigenvalue weighted by Gasteiger charge is -2.10. The summed E-state index contributed by atoms with van der Waals surface area (Å²) in [4.78, 5) is 11.9. The van der Waals surface area contributed by atoms with E-state index >= 15 is 0 Å². The van der Waals surface area contributed by atoms with E-state index in [1.807, 2.05) is 0 Å². The van der Waals surface area contributed by atoms with Crippen molar-refractivity contribution >= 4 is 39.1 Å². The molecule has 0 heterocycles. The molecule has 0 saturated carbocycles. The minimum absolute atomic E-state index is 0.0372. The summed E-state index contributed by atoms with van der Waals surface area (Å²) >= 11 is 8.74. The average molecular weight is 365 g/mol. The number of nitrogens with one attached hydrogen (secondary N) is 1. The van der Waals surface area contributed by atoms with Crippen LogP contribution >= 0.6 is 27.5 Å². The zero-order chi connectivity index (χ0) is 14.9. The Kier molecular flexibility index (Phi) is 4.35. The monoisotopic (exact) mass is 363 g/mol. The number of hydrogen-bond acceptors (Lipinski definition) is 1. The van der Waals surface area contributed by atoms with Gasteiger partial charge in [0.25, 0.3) is 5.91 Å². The maximum absolute atomic E-state index is 13.5. The smallest absolute Gasteiger partial charge is 0.257 e. The Morgan fingerprint density at radius 3 is 2.45 bits per heavy atom. The molecule has 0 unspecified atom stereocenters. The van der Waals surface area contributed by atoms with Crippen molar-refractivity contribution < 1.29 is 18.0 Å². The van der Waals surface area contributed by atoms with Crippen molar-refractivity contribution in [3.8, 4) is 0 Å². The lowest BCUT2D eigenvalue weighted by atomic mass is 10.2. The molecule has 2 rings (SSSR count). The molecule has 1 amide bonds. The average Bonchev–Trinajstić information content (AvgIpc) is 2.36. The second kappa shape index (κ2) is 5.85. The second-order valence-corrected chi connectivity index (χ2v) is 5.08. The molecule has 7 heteroatoms. The Morgan fingerprint density at radius 1 is 1.10 bits per heavy atom. The summed E-state index contributed by atoms with van der Waals surface area (Å²) in [5.41, 5.74) is -0.404. The quantitative estimate of drug-likeness (QED) is 0.817. The summed E-state index contributed by atoms with van der Waals surface area (Å²) in [5, 5.41) is 1.89. The lowest BCUT2D eigenvalue weighted by Crippen LogP contribution is -2.14. The van der Waals surface area contributed by atoms with Gasteiger partial charge in [-0.15, -0.1) is 0 Å². The van der Waals surface area contributed by atoms with Gasteiger partial charge in [0.05, 0.1) is 16.3 Å². The molecule has 0 saturated heterocycles. The summed E-state index contributed by atoms with van der Waals surface area (Å²) in [6.45, 7) is 0. The van der Waals surface area contributed by atoms with Crippen molar-refractivity contribution in [3.05, 3.63) is 62.8 Å². The SMILES string of the molecule is O=C(Nc1c(F)cc(F)cc1Cl)c1cc(F)ccc1Br. The Hall–Kier alpha value is -1.53. The minimum Gasteiger partial charge on any atom is -0.318 e.